The number of hydrogen-bond donors (Lipinski definition) is 1. The zero-order chi connectivity index (χ0) is 14.0. The number of fused-ring (bicyclic) bond motifs is 1. The molecule has 1 atom stereocenters. The average Bonchev–Trinajstić information content (AvgIpc) is 2.68. The molecule has 1 saturated heterocycles. The normalized spacial score (nSPS) is 27.5. The van der Waals surface area contributed by atoms with Gasteiger partial charge in [0.2, 0.25) is 0 Å². The summed E-state index contributed by atoms with van der Waals surface area (Å²) in [6.07, 6.45) is 2.10. The van der Waals surface area contributed by atoms with E-state index in [1.165, 1.54) is 11.1 Å². The van der Waals surface area contributed by atoms with E-state index < -0.39 is 0 Å². The molecule has 2 N–H and O–H groups in total. The van der Waals surface area contributed by atoms with Gasteiger partial charge in [0.15, 0.2) is 0 Å². The van der Waals surface area contributed by atoms with E-state index >= 15 is 0 Å². The zero-order valence-electron chi connectivity index (χ0n) is 12.2. The van der Waals surface area contributed by atoms with Crippen LogP contribution >= 0.6 is 0 Å². The SMILES string of the molecule is Cc1ccc2c(c1)C(CN)(N1CCOCC1)CCCO2. The summed E-state index contributed by atoms with van der Waals surface area (Å²) in [6, 6.07) is 6.47. The van der Waals surface area contributed by atoms with Gasteiger partial charge in [-0.05, 0) is 25.8 Å². The van der Waals surface area contributed by atoms with Gasteiger partial charge >= 0.3 is 0 Å². The molecule has 0 spiro atoms. The van der Waals surface area contributed by atoms with Crippen molar-refractivity contribution in [2.24, 2.45) is 5.73 Å². The minimum absolute atomic E-state index is 0.0956. The number of nitrogens with zero attached hydrogens (tertiary/aromatic N) is 1. The lowest BCUT2D eigenvalue weighted by Crippen LogP contribution is -2.55. The van der Waals surface area contributed by atoms with Crippen LogP contribution in [0.4, 0.5) is 0 Å². The van der Waals surface area contributed by atoms with Gasteiger partial charge in [-0.15, -0.1) is 0 Å². The number of ether oxygens (including phenoxy) is 2. The van der Waals surface area contributed by atoms with Gasteiger partial charge in [0.25, 0.3) is 0 Å². The third kappa shape index (κ3) is 2.32. The maximum absolute atomic E-state index is 6.27. The van der Waals surface area contributed by atoms with Crippen molar-refractivity contribution in [1.82, 2.24) is 4.90 Å². The monoisotopic (exact) mass is 276 g/mol. The van der Waals surface area contributed by atoms with Crippen molar-refractivity contribution in [3.05, 3.63) is 29.3 Å². The van der Waals surface area contributed by atoms with Crippen LogP contribution in [0.2, 0.25) is 0 Å². The van der Waals surface area contributed by atoms with Gasteiger partial charge in [-0.25, -0.2) is 0 Å². The molecule has 2 aliphatic rings. The maximum atomic E-state index is 6.27. The highest BCUT2D eigenvalue weighted by atomic mass is 16.5. The fourth-order valence-electron chi connectivity index (χ4n) is 3.48. The van der Waals surface area contributed by atoms with Gasteiger partial charge in [0.1, 0.15) is 5.75 Å². The molecule has 0 aromatic heterocycles. The van der Waals surface area contributed by atoms with Crippen LogP contribution in [0.3, 0.4) is 0 Å². The van der Waals surface area contributed by atoms with Crippen LogP contribution in [0.15, 0.2) is 18.2 Å². The Morgan fingerprint density at radius 3 is 2.80 bits per heavy atom. The molecule has 0 aliphatic carbocycles. The van der Waals surface area contributed by atoms with Crippen LogP contribution in [0, 0.1) is 6.92 Å². The van der Waals surface area contributed by atoms with Crippen molar-refractivity contribution in [1.29, 1.82) is 0 Å². The standard InChI is InChI=1S/C16H24N2O2/c1-13-3-4-15-14(11-13)16(12-17,5-2-8-20-15)18-6-9-19-10-7-18/h3-4,11H,2,5-10,12,17H2,1H3. The Balaban J connectivity index is 2.06. The van der Waals surface area contributed by atoms with Gasteiger partial charge in [-0.2, -0.15) is 0 Å². The van der Waals surface area contributed by atoms with Crippen molar-refractivity contribution in [3.63, 3.8) is 0 Å². The molecule has 2 aliphatic heterocycles. The highest BCUT2D eigenvalue weighted by Gasteiger charge is 2.41. The second kappa shape index (κ2) is 5.72. The number of aryl methyl sites for hydroxylation is 1. The summed E-state index contributed by atoms with van der Waals surface area (Å²) in [5.41, 5.74) is 8.70. The lowest BCUT2D eigenvalue weighted by Gasteiger charge is -2.45. The second-order valence-electron chi connectivity index (χ2n) is 5.79. The van der Waals surface area contributed by atoms with Crippen molar-refractivity contribution in [2.75, 3.05) is 39.5 Å². The van der Waals surface area contributed by atoms with Gasteiger partial charge in [-0.3, -0.25) is 4.90 Å². The summed E-state index contributed by atoms with van der Waals surface area (Å²) in [4.78, 5) is 2.50. The molecule has 4 nitrogen and oxygen atoms in total. The van der Waals surface area contributed by atoms with E-state index in [1.54, 1.807) is 0 Å². The number of rotatable bonds is 2. The Labute approximate surface area is 120 Å². The van der Waals surface area contributed by atoms with Crippen molar-refractivity contribution in [2.45, 2.75) is 25.3 Å². The summed E-state index contributed by atoms with van der Waals surface area (Å²) in [7, 11) is 0. The molecule has 110 valence electrons. The summed E-state index contributed by atoms with van der Waals surface area (Å²) in [5.74, 6) is 1.00. The quantitative estimate of drug-likeness (QED) is 0.892. The largest absolute Gasteiger partial charge is 0.493 e. The molecule has 1 aromatic carbocycles. The number of morpholine rings is 1. The first-order valence-corrected chi connectivity index (χ1v) is 7.53. The summed E-state index contributed by atoms with van der Waals surface area (Å²) >= 11 is 0. The summed E-state index contributed by atoms with van der Waals surface area (Å²) in [5, 5.41) is 0. The average molecular weight is 276 g/mol. The van der Waals surface area contributed by atoms with Crippen molar-refractivity contribution < 1.29 is 9.47 Å². The molecule has 0 amide bonds. The van der Waals surface area contributed by atoms with Gasteiger partial charge in [0.05, 0.1) is 25.4 Å². The van der Waals surface area contributed by atoms with Crippen LogP contribution in [-0.4, -0.2) is 44.4 Å². The maximum Gasteiger partial charge on any atom is 0.124 e. The fourth-order valence-corrected chi connectivity index (χ4v) is 3.48. The number of hydrogen-bond acceptors (Lipinski definition) is 4. The molecule has 0 saturated carbocycles. The number of nitrogens with two attached hydrogens (primary N) is 1. The van der Waals surface area contributed by atoms with Crippen LogP contribution in [-0.2, 0) is 10.3 Å². The van der Waals surface area contributed by atoms with Gasteiger partial charge in [-0.1, -0.05) is 17.7 Å². The first kappa shape index (κ1) is 13.9. The summed E-state index contributed by atoms with van der Waals surface area (Å²) < 4.78 is 11.4. The predicted octanol–water partition coefficient (Wildman–Crippen LogP) is 1.65. The van der Waals surface area contributed by atoms with Gasteiger partial charge < -0.3 is 15.2 Å². The van der Waals surface area contributed by atoms with E-state index in [-0.39, 0.29) is 5.54 Å². The van der Waals surface area contributed by atoms with E-state index in [2.05, 4.69) is 30.0 Å². The van der Waals surface area contributed by atoms with Gasteiger partial charge in [0, 0.05) is 25.2 Å². The molecule has 3 rings (SSSR count). The lowest BCUT2D eigenvalue weighted by atomic mass is 9.82. The Morgan fingerprint density at radius 1 is 1.25 bits per heavy atom. The van der Waals surface area contributed by atoms with E-state index in [9.17, 15) is 0 Å². The molecule has 2 heterocycles. The molecule has 1 unspecified atom stereocenters. The third-order valence-corrected chi connectivity index (χ3v) is 4.58. The Hall–Kier alpha value is -1.10. The molecule has 0 radical (unpaired) electrons. The zero-order valence-corrected chi connectivity index (χ0v) is 12.2. The van der Waals surface area contributed by atoms with E-state index in [0.717, 1.165) is 51.5 Å². The Kier molecular flexibility index (Phi) is 3.96. The van der Waals surface area contributed by atoms with E-state index in [1.807, 2.05) is 0 Å². The summed E-state index contributed by atoms with van der Waals surface area (Å²) in [6.45, 7) is 7.03. The second-order valence-corrected chi connectivity index (χ2v) is 5.79. The molecular formula is C16H24N2O2. The minimum Gasteiger partial charge on any atom is -0.493 e. The van der Waals surface area contributed by atoms with Crippen molar-refractivity contribution >= 4 is 0 Å². The minimum atomic E-state index is -0.0956. The first-order valence-electron chi connectivity index (χ1n) is 7.53. The van der Waals surface area contributed by atoms with Crippen molar-refractivity contribution in [3.8, 4) is 5.75 Å². The van der Waals surface area contributed by atoms with Crippen LogP contribution < -0.4 is 10.5 Å². The van der Waals surface area contributed by atoms with Crippen LogP contribution in [0.5, 0.6) is 5.75 Å². The first-order chi connectivity index (χ1) is 9.76. The van der Waals surface area contributed by atoms with E-state index in [0.29, 0.717) is 6.54 Å². The smallest absolute Gasteiger partial charge is 0.124 e. The molecule has 20 heavy (non-hydrogen) atoms. The highest BCUT2D eigenvalue weighted by Crippen LogP contribution is 2.41. The van der Waals surface area contributed by atoms with Crippen LogP contribution in [0.25, 0.3) is 0 Å². The molecule has 0 bridgehead atoms. The topological polar surface area (TPSA) is 47.7 Å². The Bertz CT molecular complexity index is 472. The molecule has 1 aromatic rings. The molecule has 4 heteroatoms. The van der Waals surface area contributed by atoms with E-state index in [4.69, 9.17) is 15.2 Å². The van der Waals surface area contributed by atoms with Crippen LogP contribution in [0.1, 0.15) is 24.0 Å². The number of benzene rings is 1. The predicted molar refractivity (Wildman–Crippen MR) is 79.0 cm³/mol. The lowest BCUT2D eigenvalue weighted by molar-refractivity contribution is -0.0252. The fraction of sp³-hybridized carbons (Fsp3) is 0.625. The molecule has 1 fully saturated rings. The highest BCUT2D eigenvalue weighted by molar-refractivity contribution is 5.43. The molecular weight excluding hydrogens is 252 g/mol. The third-order valence-electron chi connectivity index (χ3n) is 4.58. The Morgan fingerprint density at radius 2 is 2.05 bits per heavy atom.